The number of nitrogens with two attached hydrogens (primary N) is 1. The van der Waals surface area contributed by atoms with Crippen molar-refractivity contribution in [1.82, 2.24) is 4.68 Å². The van der Waals surface area contributed by atoms with Crippen LogP contribution in [-0.4, -0.2) is 4.68 Å². The van der Waals surface area contributed by atoms with Gasteiger partial charge in [-0.15, -0.1) is 0 Å². The van der Waals surface area contributed by atoms with Gasteiger partial charge < -0.3 is 5.84 Å². The maximum atomic E-state index is 5.59. The largest absolute Gasteiger partial charge is 0.339 e. The molecule has 0 spiro atoms. The number of nitrogens with zero attached hydrogens (tertiary/aromatic N) is 1. The molecule has 0 aliphatic heterocycles. The average Bonchev–Trinajstić information content (AvgIpc) is 2.33. The van der Waals surface area contributed by atoms with Crippen LogP contribution in [0.3, 0.4) is 0 Å². The first kappa shape index (κ1) is 7.66. The summed E-state index contributed by atoms with van der Waals surface area (Å²) in [5, 5.41) is 0. The van der Waals surface area contributed by atoms with E-state index in [1.165, 1.54) is 0 Å². The summed E-state index contributed by atoms with van der Waals surface area (Å²) in [6.45, 7) is 5.65. The summed E-state index contributed by atoms with van der Waals surface area (Å²) < 4.78 is 1.56. The fourth-order valence-corrected chi connectivity index (χ4v) is 1.02. The fourth-order valence-electron chi connectivity index (χ4n) is 1.02. The van der Waals surface area contributed by atoms with Crippen molar-refractivity contribution in [2.24, 2.45) is 0 Å². The molecule has 0 aliphatic carbocycles. The predicted molar refractivity (Wildman–Crippen MR) is 49.4 cm³/mol. The minimum atomic E-state index is 0.947. The van der Waals surface area contributed by atoms with Gasteiger partial charge in [0.05, 0.1) is 5.69 Å². The molecule has 1 rings (SSSR count). The van der Waals surface area contributed by atoms with Gasteiger partial charge in [0, 0.05) is 11.8 Å². The second-order valence-corrected chi connectivity index (χ2v) is 2.27. The standard InChI is InChI=1S/C9H12N2/c1-3-5-8-6-7-11(10)9(8)4-2/h3-7H,2,10H2,1H3/b5-3-. The molecule has 1 aromatic rings. The topological polar surface area (TPSA) is 30.9 Å². The summed E-state index contributed by atoms with van der Waals surface area (Å²) in [7, 11) is 0. The molecule has 1 heterocycles. The molecule has 2 nitrogen and oxygen atoms in total. The lowest BCUT2D eigenvalue weighted by molar-refractivity contribution is 1.00. The smallest absolute Gasteiger partial charge is 0.0683 e. The number of nitrogen functional groups attached to an aromatic ring is 1. The van der Waals surface area contributed by atoms with Gasteiger partial charge in [-0.05, 0) is 19.1 Å². The lowest BCUT2D eigenvalue weighted by atomic mass is 10.2. The molecule has 0 aromatic carbocycles. The van der Waals surface area contributed by atoms with Crippen molar-refractivity contribution >= 4 is 12.2 Å². The van der Waals surface area contributed by atoms with E-state index in [1.54, 1.807) is 10.8 Å². The molecule has 58 valence electrons. The SMILES string of the molecule is C=Cc1c(/C=C\C)ccn1N. The van der Waals surface area contributed by atoms with Crippen LogP contribution in [0.4, 0.5) is 0 Å². The molecule has 1 aromatic heterocycles. The van der Waals surface area contributed by atoms with Gasteiger partial charge in [0.15, 0.2) is 0 Å². The summed E-state index contributed by atoms with van der Waals surface area (Å²) in [4.78, 5) is 0. The van der Waals surface area contributed by atoms with Gasteiger partial charge in [-0.25, -0.2) is 0 Å². The number of hydrogen-bond acceptors (Lipinski definition) is 1. The highest BCUT2D eigenvalue weighted by Crippen LogP contribution is 2.11. The molecular formula is C9H12N2. The first-order valence-electron chi connectivity index (χ1n) is 3.51. The molecule has 11 heavy (non-hydrogen) atoms. The molecule has 0 unspecified atom stereocenters. The number of aromatic nitrogens is 1. The van der Waals surface area contributed by atoms with Crippen molar-refractivity contribution in [3.05, 3.63) is 36.2 Å². The van der Waals surface area contributed by atoms with E-state index in [2.05, 4.69) is 6.58 Å². The predicted octanol–water partition coefficient (Wildman–Crippen LogP) is 1.88. The molecule has 2 N–H and O–H groups in total. The first-order chi connectivity index (χ1) is 5.29. The Balaban J connectivity index is 3.15. The van der Waals surface area contributed by atoms with E-state index < -0.39 is 0 Å². The molecule has 0 amide bonds. The zero-order chi connectivity index (χ0) is 8.27. The Bertz CT molecular complexity index is 282. The Morgan fingerprint density at radius 3 is 2.91 bits per heavy atom. The highest BCUT2D eigenvalue weighted by molar-refractivity contribution is 5.62. The van der Waals surface area contributed by atoms with Crippen molar-refractivity contribution in [3.8, 4) is 0 Å². The third-order valence-electron chi connectivity index (χ3n) is 1.53. The van der Waals surface area contributed by atoms with Crippen LogP contribution in [-0.2, 0) is 0 Å². The molecule has 0 atom stereocenters. The fraction of sp³-hybridized carbons (Fsp3) is 0.111. The van der Waals surface area contributed by atoms with Gasteiger partial charge in [0.2, 0.25) is 0 Å². The number of rotatable bonds is 2. The minimum absolute atomic E-state index is 0.947. The van der Waals surface area contributed by atoms with Crippen molar-refractivity contribution in [2.45, 2.75) is 6.92 Å². The summed E-state index contributed by atoms with van der Waals surface area (Å²) in [6.07, 6.45) is 7.53. The van der Waals surface area contributed by atoms with Crippen molar-refractivity contribution in [3.63, 3.8) is 0 Å². The molecule has 0 aliphatic rings. The van der Waals surface area contributed by atoms with E-state index in [1.807, 2.05) is 31.3 Å². The van der Waals surface area contributed by atoms with E-state index in [0.29, 0.717) is 0 Å². The average molecular weight is 148 g/mol. The Morgan fingerprint density at radius 2 is 2.36 bits per heavy atom. The number of hydrogen-bond donors (Lipinski definition) is 1. The van der Waals surface area contributed by atoms with Crippen molar-refractivity contribution in [1.29, 1.82) is 0 Å². The molecule has 0 radical (unpaired) electrons. The summed E-state index contributed by atoms with van der Waals surface area (Å²) in [5.74, 6) is 5.59. The van der Waals surface area contributed by atoms with E-state index in [-0.39, 0.29) is 0 Å². The molecule has 2 heteroatoms. The van der Waals surface area contributed by atoms with Gasteiger partial charge >= 0.3 is 0 Å². The molecule has 0 saturated heterocycles. The van der Waals surface area contributed by atoms with E-state index in [9.17, 15) is 0 Å². The zero-order valence-electron chi connectivity index (χ0n) is 6.62. The molecule has 0 bridgehead atoms. The highest BCUT2D eigenvalue weighted by atomic mass is 15.3. The van der Waals surface area contributed by atoms with Gasteiger partial charge in [-0.1, -0.05) is 18.7 Å². The zero-order valence-corrected chi connectivity index (χ0v) is 6.62. The highest BCUT2D eigenvalue weighted by Gasteiger charge is 1.98. The lowest BCUT2D eigenvalue weighted by Crippen LogP contribution is -2.07. The third-order valence-corrected chi connectivity index (χ3v) is 1.53. The Hall–Kier alpha value is -1.44. The van der Waals surface area contributed by atoms with Gasteiger partial charge in [0.25, 0.3) is 0 Å². The second kappa shape index (κ2) is 3.10. The third kappa shape index (κ3) is 1.34. The minimum Gasteiger partial charge on any atom is -0.339 e. The second-order valence-electron chi connectivity index (χ2n) is 2.27. The van der Waals surface area contributed by atoms with Crippen LogP contribution in [0.2, 0.25) is 0 Å². The van der Waals surface area contributed by atoms with Crippen LogP contribution >= 0.6 is 0 Å². The number of allylic oxidation sites excluding steroid dienone is 1. The van der Waals surface area contributed by atoms with Crippen LogP contribution in [0.25, 0.3) is 12.2 Å². The van der Waals surface area contributed by atoms with Gasteiger partial charge in [-0.3, -0.25) is 4.68 Å². The lowest BCUT2D eigenvalue weighted by Gasteiger charge is -1.96. The van der Waals surface area contributed by atoms with Crippen LogP contribution in [0.1, 0.15) is 18.2 Å². The quantitative estimate of drug-likeness (QED) is 0.638. The van der Waals surface area contributed by atoms with E-state index in [4.69, 9.17) is 5.84 Å². The van der Waals surface area contributed by atoms with Crippen LogP contribution in [0, 0.1) is 0 Å². The summed E-state index contributed by atoms with van der Waals surface area (Å²) >= 11 is 0. The van der Waals surface area contributed by atoms with E-state index >= 15 is 0 Å². The maximum Gasteiger partial charge on any atom is 0.0683 e. The van der Waals surface area contributed by atoms with Crippen LogP contribution < -0.4 is 5.84 Å². The van der Waals surface area contributed by atoms with E-state index in [0.717, 1.165) is 11.3 Å². The normalized spacial score (nSPS) is 10.6. The van der Waals surface area contributed by atoms with Crippen LogP contribution in [0.5, 0.6) is 0 Å². The Labute approximate surface area is 66.6 Å². The Morgan fingerprint density at radius 1 is 1.64 bits per heavy atom. The maximum absolute atomic E-state index is 5.59. The molecular weight excluding hydrogens is 136 g/mol. The summed E-state index contributed by atoms with van der Waals surface area (Å²) in [6, 6.07) is 1.96. The monoisotopic (exact) mass is 148 g/mol. The first-order valence-corrected chi connectivity index (χ1v) is 3.51. The van der Waals surface area contributed by atoms with Crippen LogP contribution in [0.15, 0.2) is 24.9 Å². The molecule has 0 saturated carbocycles. The Kier molecular flexibility index (Phi) is 2.16. The van der Waals surface area contributed by atoms with Gasteiger partial charge in [0.1, 0.15) is 0 Å². The van der Waals surface area contributed by atoms with Gasteiger partial charge in [-0.2, -0.15) is 0 Å². The summed E-state index contributed by atoms with van der Waals surface area (Å²) in [5.41, 5.74) is 2.05. The van der Waals surface area contributed by atoms with Crippen molar-refractivity contribution < 1.29 is 0 Å². The van der Waals surface area contributed by atoms with Crippen molar-refractivity contribution in [2.75, 3.05) is 5.84 Å². The molecule has 0 fully saturated rings.